The summed E-state index contributed by atoms with van der Waals surface area (Å²) in [6, 6.07) is 5.12. The summed E-state index contributed by atoms with van der Waals surface area (Å²) in [7, 11) is 0. The van der Waals surface area contributed by atoms with Crippen LogP contribution in [-0.2, 0) is 0 Å². The summed E-state index contributed by atoms with van der Waals surface area (Å²) >= 11 is 0. The molecule has 1 N–H and O–H groups in total. The molecule has 21 heavy (non-hydrogen) atoms. The van der Waals surface area contributed by atoms with Crippen LogP contribution in [-0.4, -0.2) is 53.5 Å². The number of aromatic hydroxyl groups is 1. The van der Waals surface area contributed by atoms with E-state index in [0.717, 1.165) is 32.6 Å². The summed E-state index contributed by atoms with van der Waals surface area (Å²) in [5.74, 6) is 0.186. The van der Waals surface area contributed by atoms with E-state index in [2.05, 4.69) is 18.7 Å². The number of rotatable bonds is 8. The number of carbonyl (C=O) groups is 1. The highest BCUT2D eigenvalue weighted by atomic mass is 16.3. The first kappa shape index (κ1) is 17.5. The van der Waals surface area contributed by atoms with E-state index in [9.17, 15) is 9.90 Å². The van der Waals surface area contributed by atoms with Gasteiger partial charge in [0, 0.05) is 24.2 Å². The van der Waals surface area contributed by atoms with Gasteiger partial charge in [0.1, 0.15) is 5.75 Å². The van der Waals surface area contributed by atoms with E-state index in [-0.39, 0.29) is 11.7 Å². The van der Waals surface area contributed by atoms with Gasteiger partial charge in [-0.15, -0.1) is 0 Å². The first-order chi connectivity index (χ1) is 10.0. The van der Waals surface area contributed by atoms with Gasteiger partial charge in [-0.2, -0.15) is 0 Å². The fraction of sp³-hybridized carbons (Fsp3) is 0.588. The van der Waals surface area contributed by atoms with Crippen molar-refractivity contribution >= 4 is 5.91 Å². The maximum absolute atomic E-state index is 12.6. The van der Waals surface area contributed by atoms with Crippen molar-refractivity contribution in [1.29, 1.82) is 0 Å². The number of benzene rings is 1. The summed E-state index contributed by atoms with van der Waals surface area (Å²) in [6.07, 6.45) is 0.971. The second-order valence-corrected chi connectivity index (χ2v) is 5.21. The van der Waals surface area contributed by atoms with E-state index in [1.165, 1.54) is 0 Å². The summed E-state index contributed by atoms with van der Waals surface area (Å²) in [5.41, 5.74) is 1.25. The predicted octanol–water partition coefficient (Wildman–Crippen LogP) is 2.89. The normalized spacial score (nSPS) is 10.9. The second kappa shape index (κ2) is 8.67. The minimum absolute atomic E-state index is 0.00504. The molecule has 4 nitrogen and oxygen atoms in total. The van der Waals surface area contributed by atoms with Crippen molar-refractivity contribution in [3.63, 3.8) is 0 Å². The summed E-state index contributed by atoms with van der Waals surface area (Å²) in [6.45, 7) is 12.6. The highest BCUT2D eigenvalue weighted by Crippen LogP contribution is 2.21. The molecule has 118 valence electrons. The SMILES string of the molecule is CCN(CC)CCCN(CC)C(=O)c1cccc(O)c1C. The molecule has 0 bridgehead atoms. The van der Waals surface area contributed by atoms with E-state index in [4.69, 9.17) is 0 Å². The molecule has 0 aliphatic heterocycles. The van der Waals surface area contributed by atoms with Crippen molar-refractivity contribution in [2.75, 3.05) is 32.7 Å². The standard InChI is InChI=1S/C17H28N2O2/c1-5-18(6-2)12-9-13-19(7-3)17(21)15-10-8-11-16(20)14(15)4/h8,10-11,20H,5-7,9,12-13H2,1-4H3. The monoisotopic (exact) mass is 292 g/mol. The molecule has 1 amide bonds. The fourth-order valence-corrected chi connectivity index (χ4v) is 2.45. The number of phenols is 1. The minimum Gasteiger partial charge on any atom is -0.508 e. The molecular formula is C17H28N2O2. The van der Waals surface area contributed by atoms with Crippen LogP contribution in [0.25, 0.3) is 0 Å². The van der Waals surface area contributed by atoms with Gasteiger partial charge in [-0.05, 0) is 52.0 Å². The molecule has 0 radical (unpaired) electrons. The lowest BCUT2D eigenvalue weighted by Gasteiger charge is -2.24. The van der Waals surface area contributed by atoms with Gasteiger partial charge in [0.25, 0.3) is 5.91 Å². The van der Waals surface area contributed by atoms with E-state index in [1.54, 1.807) is 25.1 Å². The highest BCUT2D eigenvalue weighted by molar-refractivity contribution is 5.96. The van der Waals surface area contributed by atoms with Gasteiger partial charge in [-0.25, -0.2) is 0 Å². The maximum atomic E-state index is 12.6. The maximum Gasteiger partial charge on any atom is 0.254 e. The Labute approximate surface area is 128 Å². The van der Waals surface area contributed by atoms with Gasteiger partial charge >= 0.3 is 0 Å². The first-order valence-corrected chi connectivity index (χ1v) is 7.85. The van der Waals surface area contributed by atoms with Crippen molar-refractivity contribution < 1.29 is 9.90 Å². The summed E-state index contributed by atoms with van der Waals surface area (Å²) in [4.78, 5) is 16.8. The molecule has 0 aromatic heterocycles. The average Bonchev–Trinajstić information content (AvgIpc) is 2.50. The zero-order valence-electron chi connectivity index (χ0n) is 13.7. The van der Waals surface area contributed by atoms with Gasteiger partial charge in [0.05, 0.1) is 0 Å². The van der Waals surface area contributed by atoms with Crippen LogP contribution in [0.4, 0.5) is 0 Å². The molecule has 0 spiro atoms. The van der Waals surface area contributed by atoms with Crippen molar-refractivity contribution in [3.8, 4) is 5.75 Å². The molecule has 0 saturated carbocycles. The van der Waals surface area contributed by atoms with Crippen molar-refractivity contribution in [2.24, 2.45) is 0 Å². The average molecular weight is 292 g/mol. The Morgan fingerprint density at radius 1 is 1.10 bits per heavy atom. The molecule has 1 aromatic carbocycles. The zero-order valence-corrected chi connectivity index (χ0v) is 13.7. The zero-order chi connectivity index (χ0) is 15.8. The molecule has 1 aromatic rings. The van der Waals surface area contributed by atoms with Gasteiger partial charge in [0.15, 0.2) is 0 Å². The topological polar surface area (TPSA) is 43.8 Å². The van der Waals surface area contributed by atoms with Crippen LogP contribution >= 0.6 is 0 Å². The molecule has 0 aliphatic carbocycles. The van der Waals surface area contributed by atoms with Crippen molar-refractivity contribution in [2.45, 2.75) is 34.1 Å². The Bertz CT molecular complexity index is 456. The lowest BCUT2D eigenvalue weighted by Crippen LogP contribution is -2.34. The van der Waals surface area contributed by atoms with Crippen LogP contribution in [0.1, 0.15) is 43.1 Å². The smallest absolute Gasteiger partial charge is 0.254 e. The molecule has 4 heteroatoms. The largest absolute Gasteiger partial charge is 0.508 e. The van der Waals surface area contributed by atoms with Crippen LogP contribution in [0.5, 0.6) is 5.75 Å². The Morgan fingerprint density at radius 2 is 1.76 bits per heavy atom. The Kier molecular flexibility index (Phi) is 7.23. The number of hydrogen-bond acceptors (Lipinski definition) is 3. The number of amides is 1. The molecule has 0 fully saturated rings. The Morgan fingerprint density at radius 3 is 2.33 bits per heavy atom. The number of phenolic OH excluding ortho intramolecular Hbond substituents is 1. The number of nitrogens with zero attached hydrogens (tertiary/aromatic N) is 2. The van der Waals surface area contributed by atoms with Gasteiger partial charge in [-0.3, -0.25) is 4.79 Å². The lowest BCUT2D eigenvalue weighted by molar-refractivity contribution is 0.0756. The van der Waals surface area contributed by atoms with E-state index in [0.29, 0.717) is 17.7 Å². The molecule has 0 atom stereocenters. The summed E-state index contributed by atoms with van der Waals surface area (Å²) in [5, 5.41) is 9.74. The van der Waals surface area contributed by atoms with Crippen LogP contribution in [0.3, 0.4) is 0 Å². The Balaban J connectivity index is 2.67. The fourth-order valence-electron chi connectivity index (χ4n) is 2.45. The van der Waals surface area contributed by atoms with Crippen molar-refractivity contribution in [1.82, 2.24) is 9.80 Å². The molecular weight excluding hydrogens is 264 g/mol. The molecule has 0 unspecified atom stereocenters. The first-order valence-electron chi connectivity index (χ1n) is 7.85. The van der Waals surface area contributed by atoms with E-state index in [1.807, 2.05) is 11.8 Å². The highest BCUT2D eigenvalue weighted by Gasteiger charge is 2.17. The molecule has 0 aliphatic rings. The van der Waals surface area contributed by atoms with E-state index < -0.39 is 0 Å². The second-order valence-electron chi connectivity index (χ2n) is 5.21. The van der Waals surface area contributed by atoms with Gasteiger partial charge < -0.3 is 14.9 Å². The van der Waals surface area contributed by atoms with Gasteiger partial charge in [-0.1, -0.05) is 19.9 Å². The van der Waals surface area contributed by atoms with Crippen LogP contribution in [0.2, 0.25) is 0 Å². The number of hydrogen-bond donors (Lipinski definition) is 1. The van der Waals surface area contributed by atoms with Gasteiger partial charge in [0.2, 0.25) is 0 Å². The third kappa shape index (κ3) is 4.74. The molecule has 0 heterocycles. The quantitative estimate of drug-likeness (QED) is 0.801. The third-order valence-corrected chi connectivity index (χ3v) is 4.00. The lowest BCUT2D eigenvalue weighted by atomic mass is 10.1. The number of carbonyl (C=O) groups excluding carboxylic acids is 1. The third-order valence-electron chi connectivity index (χ3n) is 4.00. The van der Waals surface area contributed by atoms with Crippen molar-refractivity contribution in [3.05, 3.63) is 29.3 Å². The predicted molar refractivity (Wildman–Crippen MR) is 86.8 cm³/mol. The van der Waals surface area contributed by atoms with E-state index >= 15 is 0 Å². The summed E-state index contributed by atoms with van der Waals surface area (Å²) < 4.78 is 0. The Hall–Kier alpha value is -1.55. The molecule has 0 saturated heterocycles. The minimum atomic E-state index is 0.00504. The van der Waals surface area contributed by atoms with Crippen LogP contribution in [0.15, 0.2) is 18.2 Å². The molecule has 1 rings (SSSR count). The van der Waals surface area contributed by atoms with Crippen LogP contribution in [0, 0.1) is 6.92 Å². The van der Waals surface area contributed by atoms with Crippen LogP contribution < -0.4 is 0 Å².